The van der Waals surface area contributed by atoms with Crippen molar-refractivity contribution in [3.8, 4) is 0 Å². The van der Waals surface area contributed by atoms with Crippen molar-refractivity contribution in [2.45, 2.75) is 304 Å². The Bertz CT molecular complexity index is 770. The number of hydrogen-bond donors (Lipinski definition) is 0. The molecule has 0 aliphatic heterocycles. The molecule has 4 atom stereocenters. The monoisotopic (exact) mass is 803 g/mol. The largest absolute Gasteiger partial charge is 0.0654 e. The smallest absolute Gasteiger partial charge is 0.0268 e. The second-order valence-electron chi connectivity index (χ2n) is 22.7. The van der Waals surface area contributed by atoms with Crippen molar-refractivity contribution in [3.05, 3.63) is 0 Å². The molecule has 0 amide bonds. The molecule has 1 unspecified atom stereocenters. The van der Waals surface area contributed by atoms with Crippen LogP contribution in [-0.4, -0.2) is 0 Å². The standard InChI is InChI=1S/3C7H16.C6H10.5C6H12/c1-4-5-6-7(2)3;1-4-6-7(3)5-2;1-3-5-7-6-4-2;1-5-4-6(5)2-3-6;1-5-3-6(2)4-5;1-6(2)4-3-5-6;1-5-3-4-6(5)2;1-6-4-2-3-5-6;1-2-6-4-3-5-6/h2*7H,4-6H2,1-3H3;3-7H2,1-2H3;5H,2-4H2,1H3;5-6H,3-4H2,1-2H3;3-5H2,1-2H3;5-6H,3-4H2,1-2H3;2*6H,2-5H2,1H3/t;7-;;5-;;;5-,6?;;/m.1.0..1../s1. The average molecular weight is 804 g/mol. The van der Waals surface area contributed by atoms with Crippen LogP contribution in [0.5, 0.6) is 0 Å². The molecule has 0 aromatic heterocycles. The summed E-state index contributed by atoms with van der Waals surface area (Å²) in [6.45, 7) is 39.0. The lowest BCUT2D eigenvalue weighted by Gasteiger charge is -2.33. The molecule has 0 bridgehead atoms. The van der Waals surface area contributed by atoms with Crippen LogP contribution in [0.25, 0.3) is 0 Å². The minimum atomic E-state index is 0.722. The van der Waals surface area contributed by atoms with E-state index in [9.17, 15) is 0 Å². The molecule has 7 saturated carbocycles. The summed E-state index contributed by atoms with van der Waals surface area (Å²) in [6, 6.07) is 0. The Morgan fingerprint density at radius 1 is 0.491 bits per heavy atom. The Morgan fingerprint density at radius 3 is 1.04 bits per heavy atom. The van der Waals surface area contributed by atoms with Crippen LogP contribution < -0.4 is 0 Å². The van der Waals surface area contributed by atoms with Crippen LogP contribution in [-0.2, 0) is 0 Å². The van der Waals surface area contributed by atoms with Crippen LogP contribution in [0.4, 0.5) is 0 Å². The second-order valence-corrected chi connectivity index (χ2v) is 22.7. The first-order valence-electron chi connectivity index (χ1n) is 27.0. The fourth-order valence-electron chi connectivity index (χ4n) is 8.45. The molecule has 0 nitrogen and oxygen atoms in total. The van der Waals surface area contributed by atoms with Crippen LogP contribution in [0, 0.1) is 64.1 Å². The van der Waals surface area contributed by atoms with Crippen molar-refractivity contribution in [3.63, 3.8) is 0 Å². The van der Waals surface area contributed by atoms with E-state index in [2.05, 4.69) is 118 Å². The van der Waals surface area contributed by atoms with Crippen LogP contribution in [0.3, 0.4) is 0 Å². The highest BCUT2D eigenvalue weighted by molar-refractivity contribution is 5.10. The van der Waals surface area contributed by atoms with E-state index in [0.29, 0.717) is 0 Å². The zero-order valence-corrected chi connectivity index (χ0v) is 43.7. The van der Waals surface area contributed by atoms with Gasteiger partial charge in [0.2, 0.25) is 0 Å². The van der Waals surface area contributed by atoms with Crippen molar-refractivity contribution in [2.24, 2.45) is 64.1 Å². The molecule has 0 heterocycles. The summed E-state index contributed by atoms with van der Waals surface area (Å²) >= 11 is 0. The normalized spacial score (nSPS) is 26.7. The molecule has 57 heavy (non-hydrogen) atoms. The number of rotatable bonds is 11. The zero-order valence-electron chi connectivity index (χ0n) is 43.7. The van der Waals surface area contributed by atoms with Crippen LogP contribution in [0.2, 0.25) is 0 Å². The van der Waals surface area contributed by atoms with Gasteiger partial charge in [-0.3, -0.25) is 0 Å². The molecule has 7 aliphatic rings. The zero-order chi connectivity index (χ0) is 43.7. The Morgan fingerprint density at radius 2 is 0.947 bits per heavy atom. The maximum Gasteiger partial charge on any atom is -0.0268 e. The molecule has 0 saturated heterocycles. The van der Waals surface area contributed by atoms with Crippen molar-refractivity contribution in [1.82, 2.24) is 0 Å². The molecule has 1 spiro atoms. The van der Waals surface area contributed by atoms with Gasteiger partial charge in [0.15, 0.2) is 0 Å². The maximum atomic E-state index is 2.37. The fourth-order valence-corrected chi connectivity index (χ4v) is 8.45. The van der Waals surface area contributed by atoms with E-state index in [1.165, 1.54) is 167 Å². The van der Waals surface area contributed by atoms with Gasteiger partial charge >= 0.3 is 0 Å². The van der Waals surface area contributed by atoms with E-state index >= 15 is 0 Å². The Kier molecular flexibility index (Phi) is 38.0. The van der Waals surface area contributed by atoms with Crippen LogP contribution in [0.1, 0.15) is 304 Å². The summed E-state index contributed by atoms with van der Waals surface area (Å²) in [5, 5.41) is 0. The first-order valence-corrected chi connectivity index (χ1v) is 27.0. The number of unbranched alkanes of at least 4 members (excludes halogenated alkanes) is 5. The lowest BCUT2D eigenvalue weighted by molar-refractivity contribution is 0.190. The molecule has 0 aromatic rings. The van der Waals surface area contributed by atoms with Gasteiger partial charge in [-0.05, 0) is 109 Å². The van der Waals surface area contributed by atoms with Gasteiger partial charge < -0.3 is 0 Å². The highest BCUT2D eigenvalue weighted by Crippen LogP contribution is 2.70. The van der Waals surface area contributed by atoms with Crippen LogP contribution in [0.15, 0.2) is 0 Å². The molecule has 0 heteroatoms. The minimum Gasteiger partial charge on any atom is -0.0654 e. The lowest BCUT2D eigenvalue weighted by atomic mass is 9.72. The molecule has 0 N–H and O–H groups in total. The number of hydrogen-bond acceptors (Lipinski definition) is 0. The van der Waals surface area contributed by atoms with E-state index in [-0.39, 0.29) is 0 Å². The third kappa shape index (κ3) is 36.4. The van der Waals surface area contributed by atoms with Crippen molar-refractivity contribution >= 4 is 0 Å². The van der Waals surface area contributed by atoms with Gasteiger partial charge in [-0.15, -0.1) is 0 Å². The minimum absolute atomic E-state index is 0.722. The van der Waals surface area contributed by atoms with E-state index in [0.717, 1.165) is 64.1 Å². The molecule has 0 aromatic carbocycles. The molecule has 0 radical (unpaired) electrons. The third-order valence-electron chi connectivity index (χ3n) is 15.1. The van der Waals surface area contributed by atoms with Crippen LogP contribution >= 0.6 is 0 Å². The van der Waals surface area contributed by atoms with Crippen molar-refractivity contribution in [2.75, 3.05) is 0 Å². The Labute approximate surface area is 366 Å². The highest BCUT2D eigenvalue weighted by Gasteiger charge is 2.59. The van der Waals surface area contributed by atoms with Crippen molar-refractivity contribution in [1.29, 1.82) is 0 Å². The second kappa shape index (κ2) is 36.6. The van der Waals surface area contributed by atoms with Gasteiger partial charge in [0.05, 0.1) is 0 Å². The summed E-state index contributed by atoms with van der Waals surface area (Å²) in [7, 11) is 0. The van der Waals surface area contributed by atoms with Gasteiger partial charge in [-0.1, -0.05) is 259 Å². The molecule has 7 rings (SSSR count). The van der Waals surface area contributed by atoms with Gasteiger partial charge in [0.1, 0.15) is 0 Å². The van der Waals surface area contributed by atoms with E-state index in [4.69, 9.17) is 0 Å². The Balaban J connectivity index is 0. The summed E-state index contributed by atoms with van der Waals surface area (Å²) in [5.74, 6) is 9.27. The highest BCUT2D eigenvalue weighted by atomic mass is 14.6. The molecule has 7 aliphatic carbocycles. The Hall–Kier alpha value is 0. The van der Waals surface area contributed by atoms with Crippen molar-refractivity contribution < 1.29 is 0 Å². The average Bonchev–Trinajstić information content (AvgIpc) is 3.99. The third-order valence-corrected chi connectivity index (χ3v) is 15.1. The van der Waals surface area contributed by atoms with Gasteiger partial charge in [-0.2, -0.15) is 0 Å². The molecule has 7 fully saturated rings. The first kappa shape index (κ1) is 59.1. The molecular weight excluding hydrogens is 685 g/mol. The van der Waals surface area contributed by atoms with Gasteiger partial charge in [-0.25, -0.2) is 0 Å². The van der Waals surface area contributed by atoms with E-state index in [1.807, 2.05) is 0 Å². The first-order chi connectivity index (χ1) is 27.0. The lowest BCUT2D eigenvalue weighted by Crippen LogP contribution is -2.20. The SMILES string of the molecule is CC1(C)CCC1.CC1CC(C)C1.CC1CCCC1.CC1CC[C@H]1C.CCC1CCC1.CCCCC(C)C.CCCCCCC.CCC[C@H](C)CC.C[C@H]1CC12CC2. The molecular formula is C57H118. The summed E-state index contributed by atoms with van der Waals surface area (Å²) in [6.07, 6.45) is 42.0. The summed E-state index contributed by atoms with van der Waals surface area (Å²) < 4.78 is 0. The topological polar surface area (TPSA) is 0 Å². The molecule has 346 valence electrons. The van der Waals surface area contributed by atoms with Gasteiger partial charge in [0, 0.05) is 0 Å². The van der Waals surface area contributed by atoms with Gasteiger partial charge in [0.25, 0.3) is 0 Å². The quantitative estimate of drug-likeness (QED) is 0.183. The van der Waals surface area contributed by atoms with E-state index in [1.54, 1.807) is 19.3 Å². The fraction of sp³-hybridized carbons (Fsp3) is 1.00. The summed E-state index contributed by atoms with van der Waals surface area (Å²) in [4.78, 5) is 0. The van der Waals surface area contributed by atoms with E-state index < -0.39 is 0 Å². The maximum absolute atomic E-state index is 2.37. The predicted octanol–water partition coefficient (Wildman–Crippen LogP) is 21.1. The predicted molar refractivity (Wildman–Crippen MR) is 267 cm³/mol. The summed E-state index contributed by atoms with van der Waals surface area (Å²) in [5.41, 5.74) is 1.68.